The number of aliphatic carboxylic acids is 1. The highest BCUT2D eigenvalue weighted by atomic mass is 79.9. The van der Waals surface area contributed by atoms with E-state index < -0.39 is 11.8 Å². The first-order chi connectivity index (χ1) is 12.3. The van der Waals surface area contributed by atoms with Crippen LogP contribution in [0.1, 0.15) is 71.6 Å². The Labute approximate surface area is 169 Å². The Hall–Kier alpha value is -1.62. The molecular weight excluding hydrogens is 411 g/mol. The number of carboxylic acids is 1. The molecule has 0 heterocycles. The summed E-state index contributed by atoms with van der Waals surface area (Å²) in [6.45, 7) is 14.5. The summed E-state index contributed by atoms with van der Waals surface area (Å²) in [5, 5.41) is 9.11. The number of carbonyl (C=O) groups is 1. The first-order valence-corrected chi connectivity index (χ1v) is 9.93. The Kier molecular flexibility index (Phi) is 5.96. The molecule has 0 unspecified atom stereocenters. The van der Waals surface area contributed by atoms with Crippen molar-refractivity contribution in [1.29, 1.82) is 0 Å². The molecular formula is C22H28BrFO3. The lowest BCUT2D eigenvalue weighted by molar-refractivity contribution is -0.134. The lowest BCUT2D eigenvalue weighted by Gasteiger charge is -2.38. The fourth-order valence-corrected chi connectivity index (χ4v) is 4.71. The zero-order valence-electron chi connectivity index (χ0n) is 17.1. The molecule has 3 nitrogen and oxygen atoms in total. The summed E-state index contributed by atoms with van der Waals surface area (Å²) >= 11 is 3.70. The van der Waals surface area contributed by atoms with Crippen LogP contribution in [-0.2, 0) is 10.2 Å². The number of fused-ring (bicyclic) bond motifs is 1. The van der Waals surface area contributed by atoms with Crippen molar-refractivity contribution >= 4 is 33.0 Å². The standard InChI is InChI=1S/C22H28BrFO3/c1-8-27-19-13(12(2)18(24)20(25)26)11-14-15(21(3,4)5)9-10-22(6,7)16(14)17(19)23/h9,11H,8,10H2,1-7H3,(H,25,26). The molecule has 0 atom stereocenters. The molecule has 0 spiro atoms. The molecule has 0 aromatic heterocycles. The van der Waals surface area contributed by atoms with Crippen molar-refractivity contribution in [2.24, 2.45) is 5.41 Å². The molecule has 1 aliphatic rings. The molecule has 0 amide bonds. The maximum Gasteiger partial charge on any atom is 0.365 e. The van der Waals surface area contributed by atoms with Gasteiger partial charge in [0, 0.05) is 11.1 Å². The van der Waals surface area contributed by atoms with E-state index in [0.29, 0.717) is 17.9 Å². The predicted molar refractivity (Wildman–Crippen MR) is 112 cm³/mol. The molecule has 148 valence electrons. The highest BCUT2D eigenvalue weighted by molar-refractivity contribution is 9.10. The van der Waals surface area contributed by atoms with E-state index in [2.05, 4.69) is 56.6 Å². The van der Waals surface area contributed by atoms with Gasteiger partial charge in [0.2, 0.25) is 5.83 Å². The minimum atomic E-state index is -1.57. The molecule has 0 aliphatic heterocycles. The smallest absolute Gasteiger partial charge is 0.365 e. The van der Waals surface area contributed by atoms with Crippen LogP contribution in [0.5, 0.6) is 5.75 Å². The predicted octanol–water partition coefficient (Wildman–Crippen LogP) is 6.74. The van der Waals surface area contributed by atoms with Crippen LogP contribution in [0, 0.1) is 5.41 Å². The molecule has 1 N–H and O–H groups in total. The zero-order chi connectivity index (χ0) is 20.7. The molecule has 0 radical (unpaired) electrons. The van der Waals surface area contributed by atoms with Crippen molar-refractivity contribution in [1.82, 2.24) is 0 Å². The van der Waals surface area contributed by atoms with Gasteiger partial charge >= 0.3 is 5.97 Å². The van der Waals surface area contributed by atoms with Crippen LogP contribution >= 0.6 is 15.9 Å². The van der Waals surface area contributed by atoms with Gasteiger partial charge in [-0.3, -0.25) is 0 Å². The van der Waals surface area contributed by atoms with E-state index in [1.807, 2.05) is 13.0 Å². The van der Waals surface area contributed by atoms with Crippen molar-refractivity contribution in [3.63, 3.8) is 0 Å². The van der Waals surface area contributed by atoms with Gasteiger partial charge in [0.1, 0.15) is 5.75 Å². The summed E-state index contributed by atoms with van der Waals surface area (Å²) in [4.78, 5) is 11.2. The third-order valence-electron chi connectivity index (χ3n) is 5.02. The van der Waals surface area contributed by atoms with Crippen molar-refractivity contribution in [3.05, 3.63) is 39.1 Å². The number of carboxylic acid groups (broad SMARTS) is 1. The largest absolute Gasteiger partial charge is 0.492 e. The first kappa shape index (κ1) is 21.7. The zero-order valence-corrected chi connectivity index (χ0v) is 18.7. The van der Waals surface area contributed by atoms with Gasteiger partial charge in [-0.25, -0.2) is 4.79 Å². The molecule has 1 aromatic rings. The normalized spacial score (nSPS) is 17.0. The number of ether oxygens (including phenoxy) is 1. The second-order valence-corrected chi connectivity index (χ2v) is 9.42. The number of halogens is 2. The molecule has 0 fully saturated rings. The maximum absolute atomic E-state index is 14.3. The van der Waals surface area contributed by atoms with E-state index in [1.54, 1.807) is 0 Å². The van der Waals surface area contributed by atoms with Crippen LogP contribution in [0.3, 0.4) is 0 Å². The number of hydrogen-bond acceptors (Lipinski definition) is 2. The lowest BCUT2D eigenvalue weighted by Crippen LogP contribution is -2.26. The van der Waals surface area contributed by atoms with Crippen molar-refractivity contribution in [2.75, 3.05) is 6.61 Å². The van der Waals surface area contributed by atoms with Gasteiger partial charge in [-0.1, -0.05) is 40.7 Å². The molecule has 0 saturated carbocycles. The summed E-state index contributed by atoms with van der Waals surface area (Å²) in [5.74, 6) is -2.25. The van der Waals surface area contributed by atoms with Gasteiger partial charge in [-0.15, -0.1) is 0 Å². The average Bonchev–Trinajstić information content (AvgIpc) is 2.53. The molecule has 1 aromatic carbocycles. The van der Waals surface area contributed by atoms with Gasteiger partial charge in [0.15, 0.2) is 0 Å². The Morgan fingerprint density at radius 2 is 1.96 bits per heavy atom. The molecule has 0 saturated heterocycles. The molecule has 1 aliphatic carbocycles. The van der Waals surface area contributed by atoms with E-state index in [1.165, 1.54) is 12.5 Å². The Balaban J connectivity index is 2.94. The fourth-order valence-electron chi connectivity index (χ4n) is 3.63. The number of benzene rings is 1. The lowest BCUT2D eigenvalue weighted by atomic mass is 9.67. The first-order valence-electron chi connectivity index (χ1n) is 9.13. The van der Waals surface area contributed by atoms with Crippen LogP contribution in [0.25, 0.3) is 11.1 Å². The van der Waals surface area contributed by atoms with Gasteiger partial charge in [-0.05, 0) is 69.8 Å². The summed E-state index contributed by atoms with van der Waals surface area (Å²) in [5.41, 5.74) is 3.60. The van der Waals surface area contributed by atoms with Crippen LogP contribution in [0.4, 0.5) is 4.39 Å². The third-order valence-corrected chi connectivity index (χ3v) is 5.78. The topological polar surface area (TPSA) is 46.5 Å². The summed E-state index contributed by atoms with van der Waals surface area (Å²) in [6, 6.07) is 1.89. The minimum absolute atomic E-state index is 0.0612. The second kappa shape index (κ2) is 7.42. The van der Waals surface area contributed by atoms with E-state index in [9.17, 15) is 9.18 Å². The van der Waals surface area contributed by atoms with E-state index >= 15 is 0 Å². The van der Waals surface area contributed by atoms with Gasteiger partial charge in [-0.2, -0.15) is 4.39 Å². The van der Waals surface area contributed by atoms with Crippen LogP contribution in [0.2, 0.25) is 0 Å². The summed E-state index contributed by atoms with van der Waals surface area (Å²) < 4.78 is 20.9. The molecule has 27 heavy (non-hydrogen) atoms. The summed E-state index contributed by atoms with van der Waals surface area (Å²) in [7, 11) is 0. The highest BCUT2D eigenvalue weighted by Gasteiger charge is 2.36. The van der Waals surface area contributed by atoms with Gasteiger partial charge < -0.3 is 9.84 Å². The molecule has 2 rings (SSSR count). The third kappa shape index (κ3) is 3.98. The number of allylic oxidation sites excluding steroid dienone is 3. The van der Waals surface area contributed by atoms with Crippen LogP contribution in [0.15, 0.2) is 22.4 Å². The van der Waals surface area contributed by atoms with Crippen molar-refractivity contribution in [2.45, 2.75) is 60.3 Å². The SMILES string of the molecule is CCOc1c(C(C)=C(F)C(=O)O)cc2c(c1Br)C(C)(C)CC=C2C(C)(C)C. The van der Waals surface area contributed by atoms with Crippen molar-refractivity contribution in [3.8, 4) is 5.75 Å². The van der Waals surface area contributed by atoms with E-state index in [4.69, 9.17) is 9.84 Å². The average molecular weight is 439 g/mol. The van der Waals surface area contributed by atoms with Gasteiger partial charge in [0.05, 0.1) is 11.1 Å². The summed E-state index contributed by atoms with van der Waals surface area (Å²) in [6.07, 6.45) is 3.12. The Bertz CT molecular complexity index is 842. The monoisotopic (exact) mass is 438 g/mol. The second-order valence-electron chi connectivity index (χ2n) is 8.62. The molecule has 0 bridgehead atoms. The maximum atomic E-state index is 14.3. The Morgan fingerprint density at radius 1 is 1.37 bits per heavy atom. The quantitative estimate of drug-likeness (QED) is 0.529. The van der Waals surface area contributed by atoms with Crippen LogP contribution < -0.4 is 4.74 Å². The Morgan fingerprint density at radius 3 is 2.44 bits per heavy atom. The molecule has 5 heteroatoms. The van der Waals surface area contributed by atoms with Crippen molar-refractivity contribution < 1.29 is 19.0 Å². The van der Waals surface area contributed by atoms with Crippen LogP contribution in [-0.4, -0.2) is 17.7 Å². The van der Waals surface area contributed by atoms with Gasteiger partial charge in [0.25, 0.3) is 0 Å². The fraction of sp³-hybridized carbons (Fsp3) is 0.500. The number of hydrogen-bond donors (Lipinski definition) is 1. The van der Waals surface area contributed by atoms with E-state index in [0.717, 1.165) is 22.0 Å². The van der Waals surface area contributed by atoms with E-state index in [-0.39, 0.29) is 16.4 Å². The number of rotatable bonds is 4. The minimum Gasteiger partial charge on any atom is -0.492 e. The highest BCUT2D eigenvalue weighted by Crippen LogP contribution is 2.52.